The van der Waals surface area contributed by atoms with Crippen molar-refractivity contribution in [1.29, 1.82) is 0 Å². The van der Waals surface area contributed by atoms with Crippen LogP contribution in [-0.4, -0.2) is 38.8 Å². The molecule has 0 atom stereocenters. The standard InChI is InChI=1S/C24H23NO5S/c1-28-19-9-4-16(5-10-19)21(26)15-31-20-11-7-18(8-12-20)25-24(27)17-6-13-22(29-2)23(14-17)30-3/h4-14H,15H2,1-3H3,(H,25,27). The van der Waals surface area contributed by atoms with Crippen molar-refractivity contribution in [2.24, 2.45) is 0 Å². The van der Waals surface area contributed by atoms with Gasteiger partial charge in [0.25, 0.3) is 5.91 Å². The molecule has 3 aromatic rings. The van der Waals surface area contributed by atoms with Gasteiger partial charge in [-0.1, -0.05) is 0 Å². The third-order valence-corrected chi connectivity index (χ3v) is 5.55. The maximum Gasteiger partial charge on any atom is 0.255 e. The van der Waals surface area contributed by atoms with Gasteiger partial charge in [0.2, 0.25) is 0 Å². The fraction of sp³-hybridized carbons (Fsp3) is 0.167. The Morgan fingerprint density at radius 2 is 1.42 bits per heavy atom. The van der Waals surface area contributed by atoms with E-state index in [1.54, 1.807) is 68.8 Å². The number of nitrogens with one attached hydrogen (secondary N) is 1. The van der Waals surface area contributed by atoms with Crippen LogP contribution in [0, 0.1) is 0 Å². The normalized spacial score (nSPS) is 10.3. The Kier molecular flexibility index (Phi) is 7.56. The predicted molar refractivity (Wildman–Crippen MR) is 122 cm³/mol. The Bertz CT molecular complexity index is 1050. The topological polar surface area (TPSA) is 73.9 Å². The minimum absolute atomic E-state index is 0.0403. The summed E-state index contributed by atoms with van der Waals surface area (Å²) in [7, 11) is 4.66. The molecule has 0 spiro atoms. The first-order chi connectivity index (χ1) is 15.0. The number of carbonyl (C=O) groups is 2. The number of carbonyl (C=O) groups excluding carboxylic acids is 2. The number of methoxy groups -OCH3 is 3. The van der Waals surface area contributed by atoms with Crippen LogP contribution in [0.4, 0.5) is 5.69 Å². The van der Waals surface area contributed by atoms with E-state index in [2.05, 4.69) is 5.32 Å². The molecular formula is C24H23NO5S. The average molecular weight is 438 g/mol. The van der Waals surface area contributed by atoms with Crippen LogP contribution >= 0.6 is 11.8 Å². The summed E-state index contributed by atoms with van der Waals surface area (Å²) in [6, 6.07) is 19.4. The number of benzene rings is 3. The molecule has 160 valence electrons. The Morgan fingerprint density at radius 3 is 2.03 bits per heavy atom. The Hall–Kier alpha value is -3.45. The van der Waals surface area contributed by atoms with E-state index in [9.17, 15) is 9.59 Å². The van der Waals surface area contributed by atoms with Crippen molar-refractivity contribution in [3.63, 3.8) is 0 Å². The number of amides is 1. The molecule has 0 aliphatic heterocycles. The highest BCUT2D eigenvalue weighted by molar-refractivity contribution is 8.00. The Balaban J connectivity index is 1.57. The van der Waals surface area contributed by atoms with Gasteiger partial charge in [-0.25, -0.2) is 0 Å². The van der Waals surface area contributed by atoms with E-state index in [0.29, 0.717) is 34.1 Å². The van der Waals surface area contributed by atoms with Crippen molar-refractivity contribution in [1.82, 2.24) is 0 Å². The fourth-order valence-electron chi connectivity index (χ4n) is 2.82. The molecule has 0 bridgehead atoms. The molecule has 0 aromatic heterocycles. The van der Waals surface area contributed by atoms with E-state index >= 15 is 0 Å². The van der Waals surface area contributed by atoms with Gasteiger partial charge in [0.05, 0.1) is 27.1 Å². The van der Waals surface area contributed by atoms with E-state index in [4.69, 9.17) is 14.2 Å². The van der Waals surface area contributed by atoms with Crippen LogP contribution in [0.5, 0.6) is 17.2 Å². The lowest BCUT2D eigenvalue weighted by Gasteiger charge is -2.10. The second kappa shape index (κ2) is 10.5. The number of rotatable bonds is 9. The molecule has 0 radical (unpaired) electrons. The maximum absolute atomic E-state index is 12.5. The number of ether oxygens (including phenoxy) is 3. The quantitative estimate of drug-likeness (QED) is 0.378. The summed E-state index contributed by atoms with van der Waals surface area (Å²) in [4.78, 5) is 25.8. The molecule has 6 nitrogen and oxygen atoms in total. The van der Waals surface area contributed by atoms with Crippen LogP contribution < -0.4 is 19.5 Å². The van der Waals surface area contributed by atoms with E-state index in [0.717, 1.165) is 10.6 Å². The summed E-state index contributed by atoms with van der Waals surface area (Å²) in [6.07, 6.45) is 0. The smallest absolute Gasteiger partial charge is 0.255 e. The molecular weight excluding hydrogens is 414 g/mol. The van der Waals surface area contributed by atoms with Crippen LogP contribution in [0.3, 0.4) is 0 Å². The molecule has 3 aromatic carbocycles. The molecule has 1 amide bonds. The zero-order valence-electron chi connectivity index (χ0n) is 17.5. The lowest BCUT2D eigenvalue weighted by molar-refractivity contribution is 0.101. The van der Waals surface area contributed by atoms with Gasteiger partial charge in [-0.05, 0) is 66.7 Å². The zero-order valence-corrected chi connectivity index (χ0v) is 18.3. The molecule has 31 heavy (non-hydrogen) atoms. The minimum atomic E-state index is -0.254. The number of ketones is 1. The third kappa shape index (κ3) is 5.79. The highest BCUT2D eigenvalue weighted by atomic mass is 32.2. The van der Waals surface area contributed by atoms with Gasteiger partial charge in [0.1, 0.15) is 5.75 Å². The maximum atomic E-state index is 12.5. The molecule has 0 fully saturated rings. The lowest BCUT2D eigenvalue weighted by atomic mass is 10.1. The van der Waals surface area contributed by atoms with Gasteiger partial charge in [-0.15, -0.1) is 11.8 Å². The van der Waals surface area contributed by atoms with E-state index < -0.39 is 0 Å². The summed E-state index contributed by atoms with van der Waals surface area (Å²) < 4.78 is 15.5. The largest absolute Gasteiger partial charge is 0.497 e. The van der Waals surface area contributed by atoms with Crippen molar-refractivity contribution in [2.45, 2.75) is 4.90 Å². The van der Waals surface area contributed by atoms with Crippen LogP contribution in [0.15, 0.2) is 71.6 Å². The molecule has 0 aliphatic rings. The van der Waals surface area contributed by atoms with Crippen LogP contribution in [0.2, 0.25) is 0 Å². The van der Waals surface area contributed by atoms with Gasteiger partial charge in [-0.3, -0.25) is 9.59 Å². The molecule has 7 heteroatoms. The van der Waals surface area contributed by atoms with Crippen LogP contribution in [0.25, 0.3) is 0 Å². The van der Waals surface area contributed by atoms with Gasteiger partial charge in [0, 0.05) is 21.7 Å². The van der Waals surface area contributed by atoms with E-state index in [-0.39, 0.29) is 11.7 Å². The fourth-order valence-corrected chi connectivity index (χ4v) is 3.62. The molecule has 0 heterocycles. The Labute approximate surface area is 185 Å². The SMILES string of the molecule is COc1ccc(C(=O)CSc2ccc(NC(=O)c3ccc(OC)c(OC)c3)cc2)cc1. The summed E-state index contributed by atoms with van der Waals surface area (Å²) >= 11 is 1.44. The number of thioether (sulfide) groups is 1. The zero-order chi connectivity index (χ0) is 22.2. The number of Topliss-reactive ketones (excluding diaryl/α,β-unsaturated/α-hetero) is 1. The van der Waals surface area contributed by atoms with Crippen molar-refractivity contribution >= 4 is 29.1 Å². The lowest BCUT2D eigenvalue weighted by Crippen LogP contribution is -2.12. The first-order valence-electron chi connectivity index (χ1n) is 9.47. The molecule has 3 rings (SSSR count). The van der Waals surface area contributed by atoms with Crippen molar-refractivity contribution in [2.75, 3.05) is 32.4 Å². The molecule has 0 unspecified atom stereocenters. The third-order valence-electron chi connectivity index (χ3n) is 4.54. The summed E-state index contributed by atoms with van der Waals surface area (Å²) in [5, 5.41) is 2.85. The molecule has 0 saturated carbocycles. The average Bonchev–Trinajstić information content (AvgIpc) is 2.82. The molecule has 0 saturated heterocycles. The first-order valence-corrected chi connectivity index (χ1v) is 10.5. The number of hydrogen-bond donors (Lipinski definition) is 1. The monoisotopic (exact) mass is 437 g/mol. The highest BCUT2D eigenvalue weighted by Gasteiger charge is 2.11. The van der Waals surface area contributed by atoms with Crippen molar-refractivity contribution < 1.29 is 23.8 Å². The van der Waals surface area contributed by atoms with Gasteiger partial charge in [0.15, 0.2) is 17.3 Å². The van der Waals surface area contributed by atoms with Gasteiger partial charge in [-0.2, -0.15) is 0 Å². The van der Waals surface area contributed by atoms with E-state index in [1.165, 1.54) is 18.9 Å². The summed E-state index contributed by atoms with van der Waals surface area (Å²) in [5.74, 6) is 1.88. The number of hydrogen-bond acceptors (Lipinski definition) is 6. The van der Waals surface area contributed by atoms with E-state index in [1.807, 2.05) is 12.1 Å². The predicted octanol–water partition coefficient (Wildman–Crippen LogP) is 4.94. The molecule has 0 aliphatic carbocycles. The number of anilines is 1. The highest BCUT2D eigenvalue weighted by Crippen LogP contribution is 2.28. The Morgan fingerprint density at radius 1 is 0.774 bits per heavy atom. The van der Waals surface area contributed by atoms with Gasteiger partial charge < -0.3 is 19.5 Å². The molecule has 1 N–H and O–H groups in total. The van der Waals surface area contributed by atoms with Gasteiger partial charge >= 0.3 is 0 Å². The second-order valence-electron chi connectivity index (χ2n) is 6.49. The first kappa shape index (κ1) is 22.2. The summed E-state index contributed by atoms with van der Waals surface area (Å²) in [6.45, 7) is 0. The second-order valence-corrected chi connectivity index (χ2v) is 7.54. The van der Waals surface area contributed by atoms with Crippen molar-refractivity contribution in [3.05, 3.63) is 77.9 Å². The van der Waals surface area contributed by atoms with Crippen LogP contribution in [-0.2, 0) is 0 Å². The minimum Gasteiger partial charge on any atom is -0.497 e. The summed E-state index contributed by atoms with van der Waals surface area (Å²) in [5.41, 5.74) is 1.76. The van der Waals surface area contributed by atoms with Crippen molar-refractivity contribution in [3.8, 4) is 17.2 Å². The van der Waals surface area contributed by atoms with Crippen LogP contribution in [0.1, 0.15) is 20.7 Å².